The van der Waals surface area contributed by atoms with Crippen LogP contribution in [0.1, 0.15) is 36.0 Å². The third-order valence-corrected chi connectivity index (χ3v) is 3.94. The van der Waals surface area contributed by atoms with E-state index >= 15 is 0 Å². The first-order valence-corrected chi connectivity index (χ1v) is 7.22. The first-order valence-electron chi connectivity index (χ1n) is 6.85. The Hall–Kier alpha value is -1.88. The minimum absolute atomic E-state index is 0.109. The van der Waals surface area contributed by atoms with Crippen molar-refractivity contribution in [1.29, 1.82) is 0 Å². The number of halogens is 1. The highest BCUT2D eigenvalue weighted by atomic mass is 35.5. The molecule has 5 nitrogen and oxygen atoms in total. The van der Waals surface area contributed by atoms with E-state index in [1.807, 2.05) is 0 Å². The van der Waals surface area contributed by atoms with Gasteiger partial charge in [0.2, 0.25) is 5.91 Å². The van der Waals surface area contributed by atoms with Crippen molar-refractivity contribution in [3.05, 3.63) is 34.9 Å². The van der Waals surface area contributed by atoms with E-state index in [-0.39, 0.29) is 18.1 Å². The number of ketones is 1. The highest BCUT2D eigenvalue weighted by Crippen LogP contribution is 2.24. The zero-order chi connectivity index (χ0) is 15.4. The molecule has 0 radical (unpaired) electrons. The number of amides is 2. The molecule has 0 aromatic heterocycles. The fraction of sp³-hybridized carbons (Fsp3) is 0.400. The van der Waals surface area contributed by atoms with Crippen molar-refractivity contribution in [1.82, 2.24) is 5.32 Å². The molecule has 1 fully saturated rings. The molecule has 1 aromatic rings. The number of rotatable bonds is 4. The summed E-state index contributed by atoms with van der Waals surface area (Å²) >= 11 is 5.77. The SMILES string of the molecule is NC(=O)[C@@H](NC(=O)c1ccc(Cl)cc1)[C@@H]1CCCC(=O)C1. The molecule has 6 heteroatoms. The topological polar surface area (TPSA) is 89.3 Å². The van der Waals surface area contributed by atoms with Gasteiger partial charge < -0.3 is 11.1 Å². The summed E-state index contributed by atoms with van der Waals surface area (Å²) in [6.45, 7) is 0. The fourth-order valence-corrected chi connectivity index (χ4v) is 2.72. The molecular formula is C15H17ClN2O3. The smallest absolute Gasteiger partial charge is 0.251 e. The number of carbonyl (C=O) groups is 3. The van der Waals surface area contributed by atoms with Gasteiger partial charge >= 0.3 is 0 Å². The second-order valence-corrected chi connectivity index (χ2v) is 5.69. The average Bonchev–Trinajstić information content (AvgIpc) is 2.45. The molecule has 0 unspecified atom stereocenters. The Kier molecular flexibility index (Phi) is 4.96. The maximum absolute atomic E-state index is 12.1. The van der Waals surface area contributed by atoms with Gasteiger partial charge in [-0.25, -0.2) is 0 Å². The van der Waals surface area contributed by atoms with Gasteiger partial charge in [0.05, 0.1) is 0 Å². The Bertz CT molecular complexity index is 557. The van der Waals surface area contributed by atoms with Crippen molar-refractivity contribution in [2.24, 2.45) is 11.7 Å². The molecule has 2 amide bonds. The largest absolute Gasteiger partial charge is 0.368 e. The molecule has 0 bridgehead atoms. The summed E-state index contributed by atoms with van der Waals surface area (Å²) in [6, 6.07) is 5.51. The molecule has 2 atom stereocenters. The Morgan fingerprint density at radius 2 is 1.95 bits per heavy atom. The summed E-state index contributed by atoms with van der Waals surface area (Å²) in [5.41, 5.74) is 5.77. The molecule has 1 aromatic carbocycles. The van der Waals surface area contributed by atoms with Crippen LogP contribution in [0.4, 0.5) is 0 Å². The molecule has 0 spiro atoms. The van der Waals surface area contributed by atoms with E-state index in [4.69, 9.17) is 17.3 Å². The molecule has 1 saturated carbocycles. The van der Waals surface area contributed by atoms with E-state index in [9.17, 15) is 14.4 Å². The molecule has 0 heterocycles. The van der Waals surface area contributed by atoms with E-state index in [0.29, 0.717) is 23.4 Å². The van der Waals surface area contributed by atoms with Gasteiger partial charge in [0.1, 0.15) is 11.8 Å². The molecule has 0 aliphatic heterocycles. The van der Waals surface area contributed by atoms with Crippen molar-refractivity contribution in [3.63, 3.8) is 0 Å². The lowest BCUT2D eigenvalue weighted by atomic mass is 9.82. The quantitative estimate of drug-likeness (QED) is 0.887. The van der Waals surface area contributed by atoms with Gasteiger partial charge in [-0.05, 0) is 43.0 Å². The summed E-state index contributed by atoms with van der Waals surface area (Å²) in [7, 11) is 0. The Balaban J connectivity index is 2.08. The van der Waals surface area contributed by atoms with E-state index in [1.165, 1.54) is 0 Å². The summed E-state index contributed by atoms with van der Waals surface area (Å²) in [5, 5.41) is 3.16. The first-order chi connectivity index (χ1) is 9.97. The van der Waals surface area contributed by atoms with Crippen LogP contribution < -0.4 is 11.1 Å². The van der Waals surface area contributed by atoms with Crippen molar-refractivity contribution < 1.29 is 14.4 Å². The van der Waals surface area contributed by atoms with Crippen LogP contribution in [0.2, 0.25) is 5.02 Å². The third kappa shape index (κ3) is 4.04. The fourth-order valence-electron chi connectivity index (χ4n) is 2.59. The molecule has 2 rings (SSSR count). The van der Waals surface area contributed by atoms with Crippen molar-refractivity contribution >= 4 is 29.2 Å². The van der Waals surface area contributed by atoms with Crippen molar-refractivity contribution in [3.8, 4) is 0 Å². The number of nitrogens with two attached hydrogens (primary N) is 1. The standard InChI is InChI=1S/C15H17ClN2O3/c16-11-6-4-9(5-7-11)15(21)18-13(14(17)20)10-2-1-3-12(19)8-10/h4-7,10,13H,1-3,8H2,(H2,17,20)(H,18,21)/t10-,13+/m1/s1. The van der Waals surface area contributed by atoms with Crippen molar-refractivity contribution in [2.75, 3.05) is 0 Å². The maximum Gasteiger partial charge on any atom is 0.251 e. The van der Waals surface area contributed by atoms with Crippen LogP contribution >= 0.6 is 11.6 Å². The zero-order valence-electron chi connectivity index (χ0n) is 11.5. The van der Waals surface area contributed by atoms with Crippen LogP contribution in [0.3, 0.4) is 0 Å². The molecular weight excluding hydrogens is 292 g/mol. The van der Waals surface area contributed by atoms with Gasteiger partial charge in [-0.1, -0.05) is 11.6 Å². The number of nitrogens with one attached hydrogen (secondary N) is 1. The Morgan fingerprint density at radius 3 is 2.52 bits per heavy atom. The van der Waals surface area contributed by atoms with E-state index in [2.05, 4.69) is 5.32 Å². The van der Waals surface area contributed by atoms with E-state index in [1.54, 1.807) is 24.3 Å². The predicted octanol–water partition coefficient (Wildman–Crippen LogP) is 1.68. The first kappa shape index (κ1) is 15.5. The molecule has 1 aliphatic carbocycles. The summed E-state index contributed by atoms with van der Waals surface area (Å²) in [4.78, 5) is 35.3. The summed E-state index contributed by atoms with van der Waals surface area (Å²) < 4.78 is 0. The monoisotopic (exact) mass is 308 g/mol. The number of carbonyl (C=O) groups excluding carboxylic acids is 3. The highest BCUT2D eigenvalue weighted by Gasteiger charge is 2.32. The number of Topliss-reactive ketones (excluding diaryl/α,β-unsaturated/α-hetero) is 1. The van der Waals surface area contributed by atoms with E-state index < -0.39 is 17.9 Å². The van der Waals surface area contributed by atoms with Crippen LogP contribution in [-0.2, 0) is 9.59 Å². The second kappa shape index (κ2) is 6.72. The van der Waals surface area contributed by atoms with Gasteiger partial charge in [0, 0.05) is 23.4 Å². The van der Waals surface area contributed by atoms with Crippen LogP contribution in [0.25, 0.3) is 0 Å². The summed E-state index contributed by atoms with van der Waals surface area (Å²) in [6.07, 6.45) is 2.26. The average molecular weight is 309 g/mol. The number of benzene rings is 1. The zero-order valence-corrected chi connectivity index (χ0v) is 12.2. The minimum atomic E-state index is -0.822. The van der Waals surface area contributed by atoms with Gasteiger partial charge in [-0.3, -0.25) is 14.4 Å². The summed E-state index contributed by atoms with van der Waals surface area (Å²) in [5.74, 6) is -1.12. The van der Waals surface area contributed by atoms with Gasteiger partial charge in [-0.15, -0.1) is 0 Å². The Morgan fingerprint density at radius 1 is 1.29 bits per heavy atom. The molecule has 112 valence electrons. The van der Waals surface area contributed by atoms with E-state index in [0.717, 1.165) is 6.42 Å². The second-order valence-electron chi connectivity index (χ2n) is 5.26. The minimum Gasteiger partial charge on any atom is -0.368 e. The van der Waals surface area contributed by atoms with Gasteiger partial charge in [0.25, 0.3) is 5.91 Å². The molecule has 0 saturated heterocycles. The lowest BCUT2D eigenvalue weighted by molar-refractivity contribution is -0.124. The lowest BCUT2D eigenvalue weighted by Gasteiger charge is -2.28. The van der Waals surface area contributed by atoms with Crippen LogP contribution in [0.5, 0.6) is 0 Å². The van der Waals surface area contributed by atoms with Crippen molar-refractivity contribution in [2.45, 2.75) is 31.7 Å². The van der Waals surface area contributed by atoms with Crippen LogP contribution in [-0.4, -0.2) is 23.6 Å². The van der Waals surface area contributed by atoms with Crippen LogP contribution in [0.15, 0.2) is 24.3 Å². The molecule has 1 aliphatic rings. The molecule has 21 heavy (non-hydrogen) atoms. The third-order valence-electron chi connectivity index (χ3n) is 3.69. The number of hydrogen-bond acceptors (Lipinski definition) is 3. The normalized spacial score (nSPS) is 19.9. The lowest BCUT2D eigenvalue weighted by Crippen LogP contribution is -2.50. The predicted molar refractivity (Wildman–Crippen MR) is 78.9 cm³/mol. The van der Waals surface area contributed by atoms with Crippen LogP contribution in [0, 0.1) is 5.92 Å². The number of hydrogen-bond donors (Lipinski definition) is 2. The Labute approximate surface area is 127 Å². The van der Waals surface area contributed by atoms with Gasteiger partial charge in [0.15, 0.2) is 0 Å². The number of primary amides is 1. The highest BCUT2D eigenvalue weighted by molar-refractivity contribution is 6.30. The molecule has 3 N–H and O–H groups in total. The maximum atomic E-state index is 12.1. The van der Waals surface area contributed by atoms with Gasteiger partial charge in [-0.2, -0.15) is 0 Å².